The molecule has 5 nitrogen and oxygen atoms in total. The van der Waals surface area contributed by atoms with E-state index in [4.69, 9.17) is 9.84 Å². The summed E-state index contributed by atoms with van der Waals surface area (Å²) in [6.45, 7) is 2.58. The first-order chi connectivity index (χ1) is 15.2. The smallest absolute Gasteiger partial charge is 0.306 e. The Balaban J connectivity index is 2.14. The van der Waals surface area contributed by atoms with Crippen LogP contribution in [0.15, 0.2) is 36.4 Å². The van der Waals surface area contributed by atoms with Crippen molar-refractivity contribution in [2.45, 2.75) is 90.1 Å². The summed E-state index contributed by atoms with van der Waals surface area (Å²) >= 11 is 0. The van der Waals surface area contributed by atoms with Crippen LogP contribution in [0.4, 0.5) is 5.69 Å². The minimum absolute atomic E-state index is 0.165. The minimum atomic E-state index is -1.01. The largest absolute Gasteiger partial charge is 0.463 e. The molecule has 0 radical (unpaired) electrons. The van der Waals surface area contributed by atoms with Crippen LogP contribution in [0.25, 0.3) is 0 Å². The molecule has 0 saturated carbocycles. The van der Waals surface area contributed by atoms with Crippen LogP contribution in [0.5, 0.6) is 0 Å². The van der Waals surface area contributed by atoms with Crippen molar-refractivity contribution in [2.75, 3.05) is 25.1 Å². The highest BCUT2D eigenvalue weighted by Crippen LogP contribution is 2.17. The number of allylic oxidation sites excluding steroid dienone is 2. The number of carbonyl (C=O) groups is 1. The Morgan fingerprint density at radius 3 is 2.45 bits per heavy atom. The number of esters is 1. The van der Waals surface area contributed by atoms with Crippen LogP contribution < -0.4 is 5.32 Å². The zero-order valence-corrected chi connectivity index (χ0v) is 19.4. The number of aryl methyl sites for hydroxylation is 1. The van der Waals surface area contributed by atoms with Gasteiger partial charge in [0.15, 0.2) is 0 Å². The Morgan fingerprint density at radius 2 is 1.71 bits per heavy atom. The van der Waals surface area contributed by atoms with Crippen molar-refractivity contribution < 1.29 is 19.7 Å². The van der Waals surface area contributed by atoms with Crippen LogP contribution in [0.3, 0.4) is 0 Å². The SMILES string of the molecule is CCCCCCCCCC=CCCCNc1ccccc1CCC(=O)OCC(O)CO. The summed E-state index contributed by atoms with van der Waals surface area (Å²) in [6, 6.07) is 8.00. The van der Waals surface area contributed by atoms with Gasteiger partial charge in [-0.1, -0.05) is 75.8 Å². The molecule has 5 heteroatoms. The summed E-state index contributed by atoms with van der Waals surface area (Å²) in [5.41, 5.74) is 2.13. The van der Waals surface area contributed by atoms with Gasteiger partial charge in [0.2, 0.25) is 0 Å². The third-order valence-electron chi connectivity index (χ3n) is 5.27. The number of benzene rings is 1. The molecule has 0 heterocycles. The summed E-state index contributed by atoms with van der Waals surface area (Å²) in [7, 11) is 0. The van der Waals surface area contributed by atoms with Gasteiger partial charge in [0, 0.05) is 18.7 Å². The van der Waals surface area contributed by atoms with Crippen molar-refractivity contribution in [3.63, 3.8) is 0 Å². The van der Waals surface area contributed by atoms with Crippen molar-refractivity contribution in [3.05, 3.63) is 42.0 Å². The number of rotatable bonds is 19. The average molecular weight is 434 g/mol. The van der Waals surface area contributed by atoms with Gasteiger partial charge in [-0.15, -0.1) is 0 Å². The first-order valence-corrected chi connectivity index (χ1v) is 12.1. The molecule has 0 bridgehead atoms. The molecule has 1 rings (SSSR count). The van der Waals surface area contributed by atoms with Gasteiger partial charge in [-0.2, -0.15) is 0 Å². The highest BCUT2D eigenvalue weighted by molar-refractivity contribution is 5.70. The van der Waals surface area contributed by atoms with Crippen LogP contribution in [-0.4, -0.2) is 42.0 Å². The molecule has 0 aliphatic carbocycles. The van der Waals surface area contributed by atoms with Gasteiger partial charge in [-0.3, -0.25) is 4.79 Å². The van der Waals surface area contributed by atoms with E-state index in [1.54, 1.807) is 0 Å². The molecule has 0 fully saturated rings. The molecule has 0 amide bonds. The summed E-state index contributed by atoms with van der Waals surface area (Å²) in [5.74, 6) is -0.367. The maximum absolute atomic E-state index is 11.8. The Hall–Kier alpha value is -1.85. The van der Waals surface area contributed by atoms with Gasteiger partial charge in [-0.05, 0) is 43.7 Å². The number of anilines is 1. The molecular formula is C26H43NO4. The highest BCUT2D eigenvalue weighted by Gasteiger charge is 2.09. The van der Waals surface area contributed by atoms with Gasteiger partial charge in [0.25, 0.3) is 0 Å². The molecule has 3 N–H and O–H groups in total. The predicted molar refractivity (Wildman–Crippen MR) is 128 cm³/mol. The van der Waals surface area contributed by atoms with E-state index in [1.807, 2.05) is 24.3 Å². The van der Waals surface area contributed by atoms with Gasteiger partial charge in [-0.25, -0.2) is 0 Å². The minimum Gasteiger partial charge on any atom is -0.463 e. The van der Waals surface area contributed by atoms with Crippen molar-refractivity contribution in [2.24, 2.45) is 0 Å². The second-order valence-corrected chi connectivity index (χ2v) is 8.13. The fraction of sp³-hybridized carbons (Fsp3) is 0.654. The first-order valence-electron chi connectivity index (χ1n) is 12.1. The van der Waals surface area contributed by atoms with Crippen LogP contribution in [0, 0.1) is 0 Å². The number of aliphatic hydroxyl groups is 2. The molecule has 1 aromatic rings. The molecule has 0 spiro atoms. The molecule has 176 valence electrons. The number of ether oxygens (including phenoxy) is 1. The number of nitrogens with one attached hydrogen (secondary N) is 1. The second kappa shape index (κ2) is 18.9. The molecule has 0 aliphatic rings. The van der Waals surface area contributed by atoms with Crippen molar-refractivity contribution in [1.29, 1.82) is 0 Å². The summed E-state index contributed by atoms with van der Waals surface area (Å²) in [6.07, 6.45) is 17.3. The Labute approximate surface area is 188 Å². The van der Waals surface area contributed by atoms with E-state index in [1.165, 1.54) is 51.4 Å². The fourth-order valence-corrected chi connectivity index (χ4v) is 3.36. The summed E-state index contributed by atoms with van der Waals surface area (Å²) < 4.78 is 4.96. The zero-order valence-electron chi connectivity index (χ0n) is 19.4. The van der Waals surface area contributed by atoms with Crippen LogP contribution in [0.2, 0.25) is 0 Å². The van der Waals surface area contributed by atoms with Crippen molar-refractivity contribution >= 4 is 11.7 Å². The number of aliphatic hydroxyl groups excluding tert-OH is 2. The number of carbonyl (C=O) groups excluding carboxylic acids is 1. The van der Waals surface area contributed by atoms with Crippen LogP contribution in [-0.2, 0) is 16.0 Å². The number of para-hydroxylation sites is 1. The maximum Gasteiger partial charge on any atom is 0.306 e. The molecule has 1 aromatic carbocycles. The lowest BCUT2D eigenvalue weighted by atomic mass is 10.1. The van der Waals surface area contributed by atoms with E-state index in [-0.39, 0.29) is 19.0 Å². The summed E-state index contributed by atoms with van der Waals surface area (Å²) in [4.78, 5) is 11.8. The second-order valence-electron chi connectivity index (χ2n) is 8.13. The molecule has 0 aromatic heterocycles. The van der Waals surface area contributed by atoms with E-state index in [0.29, 0.717) is 6.42 Å². The van der Waals surface area contributed by atoms with E-state index in [2.05, 4.69) is 24.4 Å². The Kier molecular flexibility index (Phi) is 16.6. The van der Waals surface area contributed by atoms with Crippen molar-refractivity contribution in [3.8, 4) is 0 Å². The molecule has 1 unspecified atom stereocenters. The highest BCUT2D eigenvalue weighted by atomic mass is 16.5. The number of hydrogen-bond acceptors (Lipinski definition) is 5. The molecular weight excluding hydrogens is 390 g/mol. The topological polar surface area (TPSA) is 78.8 Å². The first kappa shape index (κ1) is 27.2. The Bertz CT molecular complexity index is 603. The lowest BCUT2D eigenvalue weighted by Crippen LogP contribution is -2.22. The van der Waals surface area contributed by atoms with E-state index in [0.717, 1.165) is 30.6 Å². The monoisotopic (exact) mass is 433 g/mol. The lowest BCUT2D eigenvalue weighted by Gasteiger charge is -2.12. The van der Waals surface area contributed by atoms with Gasteiger partial charge >= 0.3 is 5.97 Å². The van der Waals surface area contributed by atoms with E-state index < -0.39 is 12.7 Å². The standard InChI is InChI=1S/C26H43NO4/c1-2-3-4-5-6-7-8-9-10-11-12-15-20-27-25-17-14-13-16-23(25)18-19-26(30)31-22-24(29)21-28/h10-11,13-14,16-17,24,27-29H,2-9,12,15,18-22H2,1H3. The van der Waals surface area contributed by atoms with E-state index >= 15 is 0 Å². The summed E-state index contributed by atoms with van der Waals surface area (Å²) in [5, 5.41) is 21.5. The average Bonchev–Trinajstić information content (AvgIpc) is 2.79. The van der Waals surface area contributed by atoms with Gasteiger partial charge in [0.05, 0.1) is 6.61 Å². The Morgan fingerprint density at radius 1 is 1.03 bits per heavy atom. The molecule has 1 atom stereocenters. The maximum atomic E-state index is 11.8. The quantitative estimate of drug-likeness (QED) is 0.155. The molecule has 31 heavy (non-hydrogen) atoms. The predicted octanol–water partition coefficient (Wildman–Crippen LogP) is 5.40. The zero-order chi connectivity index (χ0) is 22.6. The van der Waals surface area contributed by atoms with Gasteiger partial charge < -0.3 is 20.3 Å². The van der Waals surface area contributed by atoms with E-state index in [9.17, 15) is 9.90 Å². The van der Waals surface area contributed by atoms with Gasteiger partial charge in [0.1, 0.15) is 12.7 Å². The number of unbranched alkanes of at least 4 members (excludes halogenated alkanes) is 8. The number of hydrogen-bond donors (Lipinski definition) is 3. The lowest BCUT2D eigenvalue weighted by molar-refractivity contribution is -0.147. The molecule has 0 aliphatic heterocycles. The molecule has 0 saturated heterocycles. The third-order valence-corrected chi connectivity index (χ3v) is 5.27. The normalized spacial score (nSPS) is 12.2. The van der Waals surface area contributed by atoms with Crippen LogP contribution in [0.1, 0.15) is 83.1 Å². The van der Waals surface area contributed by atoms with Crippen molar-refractivity contribution in [1.82, 2.24) is 0 Å². The third kappa shape index (κ3) is 14.7. The van der Waals surface area contributed by atoms with Crippen LogP contribution >= 0.6 is 0 Å². The fourth-order valence-electron chi connectivity index (χ4n) is 3.36.